The molecule has 0 aliphatic carbocycles. The molecule has 1 unspecified atom stereocenters. The molecule has 1 aliphatic heterocycles. The maximum atomic E-state index is 12.1. The normalized spacial score (nSPS) is 17.3. The molecule has 1 aromatic heterocycles. The van der Waals surface area contributed by atoms with Gasteiger partial charge in [-0.3, -0.25) is 15.0 Å². The topological polar surface area (TPSA) is 121 Å². The van der Waals surface area contributed by atoms with E-state index in [1.807, 2.05) is 0 Å². The molecule has 13 heteroatoms. The third kappa shape index (κ3) is 7.59. The molecule has 3 amide bonds. The van der Waals surface area contributed by atoms with E-state index >= 15 is 0 Å². The van der Waals surface area contributed by atoms with Crippen LogP contribution in [0.5, 0.6) is 0 Å². The summed E-state index contributed by atoms with van der Waals surface area (Å²) >= 11 is 13.1. The van der Waals surface area contributed by atoms with Crippen LogP contribution in [-0.2, 0) is 27.7 Å². The van der Waals surface area contributed by atoms with Gasteiger partial charge in [0.25, 0.3) is 0 Å². The highest BCUT2D eigenvalue weighted by atomic mass is 35.5. The third-order valence-electron chi connectivity index (χ3n) is 4.65. The van der Waals surface area contributed by atoms with Crippen LogP contribution < -0.4 is 16.0 Å². The zero-order valence-corrected chi connectivity index (χ0v) is 20.4. The summed E-state index contributed by atoms with van der Waals surface area (Å²) in [4.78, 5) is 30.4. The van der Waals surface area contributed by atoms with Crippen LogP contribution >= 0.6 is 34.5 Å². The molecule has 0 bridgehead atoms. The molecule has 1 aromatic carbocycles. The van der Waals surface area contributed by atoms with E-state index < -0.39 is 15.9 Å². The predicted octanol–water partition coefficient (Wildman–Crippen LogP) is 2.51. The number of carbonyl (C=O) groups excluding carboxylic acids is 2. The van der Waals surface area contributed by atoms with E-state index in [1.54, 1.807) is 35.5 Å². The van der Waals surface area contributed by atoms with Gasteiger partial charge in [0.2, 0.25) is 5.91 Å². The Kier molecular flexibility index (Phi) is 8.34. The van der Waals surface area contributed by atoms with Crippen molar-refractivity contribution in [2.75, 3.05) is 30.4 Å². The zero-order valence-electron chi connectivity index (χ0n) is 17.2. The fraction of sp³-hybridized carbons (Fsp3) is 0.421. The quantitative estimate of drug-likeness (QED) is 0.492. The van der Waals surface area contributed by atoms with Gasteiger partial charge >= 0.3 is 6.03 Å². The monoisotopic (exact) mass is 519 g/mol. The van der Waals surface area contributed by atoms with Crippen molar-refractivity contribution in [3.05, 3.63) is 44.9 Å². The molecule has 174 valence electrons. The number of benzene rings is 1. The van der Waals surface area contributed by atoms with Crippen molar-refractivity contribution in [2.24, 2.45) is 0 Å². The Morgan fingerprint density at radius 1 is 1.28 bits per heavy atom. The molecule has 1 aliphatic rings. The second kappa shape index (κ2) is 10.8. The fourth-order valence-corrected chi connectivity index (χ4v) is 5.86. The lowest BCUT2D eigenvalue weighted by atomic mass is 10.2. The largest absolute Gasteiger partial charge is 0.351 e. The van der Waals surface area contributed by atoms with E-state index in [0.717, 1.165) is 5.56 Å². The van der Waals surface area contributed by atoms with Crippen LogP contribution in [0, 0.1) is 0 Å². The van der Waals surface area contributed by atoms with Gasteiger partial charge in [-0.1, -0.05) is 29.3 Å². The SMILES string of the molecule is CN(CC(=O)NC1CCS(=O)(=O)C1)Cc1csc(NC(=O)NCc2ccc(Cl)c(Cl)c2)n1. The summed E-state index contributed by atoms with van der Waals surface area (Å²) in [5, 5.41) is 11.2. The Morgan fingerprint density at radius 3 is 2.75 bits per heavy atom. The number of hydrogen-bond acceptors (Lipinski definition) is 7. The number of thiazole rings is 1. The second-order valence-corrected chi connectivity index (χ2v) is 11.4. The molecule has 1 fully saturated rings. The second-order valence-electron chi connectivity index (χ2n) is 7.54. The number of halogens is 2. The summed E-state index contributed by atoms with van der Waals surface area (Å²) in [5.74, 6) is -0.120. The first-order chi connectivity index (χ1) is 15.1. The lowest BCUT2D eigenvalue weighted by Crippen LogP contribution is -2.41. The lowest BCUT2D eigenvalue weighted by molar-refractivity contribution is -0.122. The molecular weight excluding hydrogens is 497 g/mol. The van der Waals surface area contributed by atoms with Gasteiger partial charge in [0.05, 0.1) is 33.8 Å². The number of likely N-dealkylation sites (N-methyl/N-ethyl adjacent to an activating group) is 1. The third-order valence-corrected chi connectivity index (χ3v) is 7.97. The average molecular weight is 520 g/mol. The van der Waals surface area contributed by atoms with Crippen LogP contribution in [-0.4, -0.2) is 61.4 Å². The van der Waals surface area contributed by atoms with E-state index in [2.05, 4.69) is 20.9 Å². The van der Waals surface area contributed by atoms with E-state index in [0.29, 0.717) is 33.8 Å². The lowest BCUT2D eigenvalue weighted by Gasteiger charge is -2.17. The van der Waals surface area contributed by atoms with Gasteiger partial charge in [-0.15, -0.1) is 11.3 Å². The van der Waals surface area contributed by atoms with Gasteiger partial charge in [-0.05, 0) is 31.2 Å². The molecule has 0 radical (unpaired) electrons. The van der Waals surface area contributed by atoms with Gasteiger partial charge in [0, 0.05) is 24.5 Å². The first kappa shape index (κ1) is 24.7. The molecule has 1 saturated heterocycles. The summed E-state index contributed by atoms with van der Waals surface area (Å²) in [6, 6.07) is 4.39. The van der Waals surface area contributed by atoms with Crippen LogP contribution in [0.2, 0.25) is 10.0 Å². The summed E-state index contributed by atoms with van der Waals surface area (Å²) in [6.07, 6.45) is 0.450. The maximum absolute atomic E-state index is 12.1. The molecule has 0 saturated carbocycles. The number of amides is 3. The van der Waals surface area contributed by atoms with Gasteiger partial charge in [-0.25, -0.2) is 18.2 Å². The molecule has 3 rings (SSSR count). The number of aromatic nitrogens is 1. The van der Waals surface area contributed by atoms with Gasteiger partial charge in [0.15, 0.2) is 15.0 Å². The smallest absolute Gasteiger partial charge is 0.321 e. The highest BCUT2D eigenvalue weighted by Gasteiger charge is 2.29. The van der Waals surface area contributed by atoms with Gasteiger partial charge < -0.3 is 10.6 Å². The van der Waals surface area contributed by atoms with Crippen molar-refractivity contribution in [3.8, 4) is 0 Å². The number of urea groups is 1. The van der Waals surface area contributed by atoms with Crippen molar-refractivity contribution < 1.29 is 18.0 Å². The van der Waals surface area contributed by atoms with Crippen molar-refractivity contribution in [1.29, 1.82) is 0 Å². The first-order valence-electron chi connectivity index (χ1n) is 9.71. The highest BCUT2D eigenvalue weighted by molar-refractivity contribution is 7.91. The highest BCUT2D eigenvalue weighted by Crippen LogP contribution is 2.22. The Balaban J connectivity index is 1.41. The van der Waals surface area contributed by atoms with E-state index in [4.69, 9.17) is 23.2 Å². The molecule has 1 atom stereocenters. The number of hydrogen-bond donors (Lipinski definition) is 3. The molecule has 3 N–H and O–H groups in total. The minimum atomic E-state index is -3.04. The maximum Gasteiger partial charge on any atom is 0.321 e. The number of sulfone groups is 1. The number of anilines is 1. The van der Waals surface area contributed by atoms with Gasteiger partial charge in [-0.2, -0.15) is 0 Å². The number of carbonyl (C=O) groups is 2. The summed E-state index contributed by atoms with van der Waals surface area (Å²) in [6.45, 7) is 0.793. The molecule has 2 heterocycles. The van der Waals surface area contributed by atoms with Crippen LogP contribution in [0.15, 0.2) is 23.6 Å². The molecular formula is C19H23Cl2N5O4S2. The van der Waals surface area contributed by atoms with Crippen molar-refractivity contribution in [2.45, 2.75) is 25.6 Å². The minimum Gasteiger partial charge on any atom is -0.351 e. The minimum absolute atomic E-state index is 0.00328. The number of rotatable bonds is 8. The Hall–Kier alpha value is -1.92. The molecule has 9 nitrogen and oxygen atoms in total. The van der Waals surface area contributed by atoms with Crippen LogP contribution in [0.4, 0.5) is 9.93 Å². The van der Waals surface area contributed by atoms with E-state index in [1.165, 1.54) is 11.3 Å². The van der Waals surface area contributed by atoms with Gasteiger partial charge in [0.1, 0.15) is 0 Å². The fourth-order valence-electron chi connectivity index (χ4n) is 3.17. The Labute approximate surface area is 200 Å². The molecule has 2 aromatic rings. The Morgan fingerprint density at radius 2 is 2.06 bits per heavy atom. The van der Waals surface area contributed by atoms with Crippen LogP contribution in [0.3, 0.4) is 0 Å². The van der Waals surface area contributed by atoms with Crippen LogP contribution in [0.1, 0.15) is 17.7 Å². The number of nitrogens with one attached hydrogen (secondary N) is 3. The van der Waals surface area contributed by atoms with E-state index in [-0.39, 0.29) is 36.5 Å². The molecule has 32 heavy (non-hydrogen) atoms. The van der Waals surface area contributed by atoms with Crippen molar-refractivity contribution in [1.82, 2.24) is 20.5 Å². The summed E-state index contributed by atoms with van der Waals surface area (Å²) in [7, 11) is -1.27. The summed E-state index contributed by atoms with van der Waals surface area (Å²) < 4.78 is 23.0. The van der Waals surface area contributed by atoms with Crippen molar-refractivity contribution in [3.63, 3.8) is 0 Å². The number of nitrogens with zero attached hydrogens (tertiary/aromatic N) is 2. The zero-order chi connectivity index (χ0) is 23.3. The molecule has 0 spiro atoms. The standard InChI is InChI=1S/C19H23Cl2N5O4S2/c1-26(9-17(27)23-13-4-5-32(29,30)11-13)8-14-10-31-19(24-14)25-18(28)22-7-12-2-3-15(20)16(21)6-12/h2-3,6,10,13H,4-5,7-9,11H2,1H3,(H,23,27)(H2,22,24,25,28). The predicted molar refractivity (Wildman–Crippen MR) is 126 cm³/mol. The summed E-state index contributed by atoms with van der Waals surface area (Å²) in [5.41, 5.74) is 1.51. The van der Waals surface area contributed by atoms with E-state index in [9.17, 15) is 18.0 Å². The van der Waals surface area contributed by atoms with Crippen LogP contribution in [0.25, 0.3) is 0 Å². The van der Waals surface area contributed by atoms with Crippen molar-refractivity contribution >= 4 is 61.4 Å². The average Bonchev–Trinajstić information content (AvgIpc) is 3.27. The first-order valence-corrected chi connectivity index (χ1v) is 13.2. The Bertz CT molecular complexity index is 1090.